The molecule has 5 heteroatoms. The smallest absolute Gasteiger partial charge is 0.253 e. The van der Waals surface area contributed by atoms with Gasteiger partial charge < -0.3 is 19.1 Å². The second-order valence-electron chi connectivity index (χ2n) is 7.33. The number of hydrogen-bond acceptors (Lipinski definition) is 4. The van der Waals surface area contributed by atoms with Gasteiger partial charge in [0, 0.05) is 18.7 Å². The zero-order valence-electron chi connectivity index (χ0n) is 14.3. The van der Waals surface area contributed by atoms with E-state index in [1.807, 2.05) is 56.9 Å². The predicted octanol–water partition coefficient (Wildman–Crippen LogP) is 2.70. The maximum Gasteiger partial charge on any atom is 0.253 e. The summed E-state index contributed by atoms with van der Waals surface area (Å²) in [6.07, 6.45) is 0.127. The number of nitrogens with zero attached hydrogens (tertiary/aromatic N) is 1. The van der Waals surface area contributed by atoms with Crippen molar-refractivity contribution in [1.29, 1.82) is 0 Å². The van der Waals surface area contributed by atoms with E-state index in [-0.39, 0.29) is 17.4 Å². The summed E-state index contributed by atoms with van der Waals surface area (Å²) in [7, 11) is 0. The van der Waals surface area contributed by atoms with Crippen LogP contribution in [0.15, 0.2) is 24.3 Å². The van der Waals surface area contributed by atoms with Crippen LogP contribution in [0.1, 0.15) is 38.1 Å². The second kappa shape index (κ2) is 5.80. The molecule has 3 rings (SSSR count). The van der Waals surface area contributed by atoms with Crippen LogP contribution >= 0.6 is 0 Å². The first-order valence-electron chi connectivity index (χ1n) is 8.13. The van der Waals surface area contributed by atoms with Gasteiger partial charge in [0.25, 0.3) is 5.91 Å². The molecule has 0 radical (unpaired) electrons. The molecule has 1 aromatic carbocycles. The Hall–Kier alpha value is -1.59. The van der Waals surface area contributed by atoms with E-state index in [1.54, 1.807) is 0 Å². The largest absolute Gasteiger partial charge is 0.491 e. The lowest BCUT2D eigenvalue weighted by atomic mass is 9.80. The van der Waals surface area contributed by atoms with Crippen LogP contribution in [0.25, 0.3) is 0 Å². The predicted molar refractivity (Wildman–Crippen MR) is 86.5 cm³/mol. The highest BCUT2D eigenvalue weighted by molar-refractivity contribution is 5.95. The number of benzene rings is 1. The van der Waals surface area contributed by atoms with Crippen LogP contribution in [-0.2, 0) is 9.47 Å². The van der Waals surface area contributed by atoms with Crippen LogP contribution in [0.4, 0.5) is 0 Å². The Bertz CT molecular complexity index is 561. The standard InChI is InChI=1S/C18H25NO4/c1-13(2)23-15-7-5-14(6-8-15)16(20)19-9-18(10-19)11-21-17(3,4)22-12-18/h5-8,13H,9-12H2,1-4H3. The first-order valence-corrected chi connectivity index (χ1v) is 8.13. The van der Waals surface area contributed by atoms with Crippen LogP contribution in [0.2, 0.25) is 0 Å². The molecule has 1 spiro atoms. The highest BCUT2D eigenvalue weighted by Gasteiger charge is 2.50. The summed E-state index contributed by atoms with van der Waals surface area (Å²) in [6.45, 7) is 10.5. The molecule has 1 aromatic rings. The number of amides is 1. The third-order valence-electron chi connectivity index (χ3n) is 4.26. The topological polar surface area (TPSA) is 48.0 Å². The van der Waals surface area contributed by atoms with Gasteiger partial charge >= 0.3 is 0 Å². The van der Waals surface area contributed by atoms with Gasteiger partial charge in [-0.2, -0.15) is 0 Å². The summed E-state index contributed by atoms with van der Waals surface area (Å²) in [5, 5.41) is 0. The second-order valence-corrected chi connectivity index (χ2v) is 7.33. The van der Waals surface area contributed by atoms with Crippen molar-refractivity contribution in [2.75, 3.05) is 26.3 Å². The van der Waals surface area contributed by atoms with Gasteiger partial charge in [-0.3, -0.25) is 4.79 Å². The van der Waals surface area contributed by atoms with Gasteiger partial charge in [-0.15, -0.1) is 0 Å². The third-order valence-corrected chi connectivity index (χ3v) is 4.26. The van der Waals surface area contributed by atoms with Crippen molar-refractivity contribution in [3.63, 3.8) is 0 Å². The van der Waals surface area contributed by atoms with Gasteiger partial charge in [0.1, 0.15) is 5.75 Å². The SMILES string of the molecule is CC(C)Oc1ccc(C(=O)N2CC3(COC(C)(C)OC3)C2)cc1. The average molecular weight is 319 g/mol. The number of carbonyl (C=O) groups excluding carboxylic acids is 1. The maximum absolute atomic E-state index is 12.5. The van der Waals surface area contributed by atoms with E-state index >= 15 is 0 Å². The van der Waals surface area contributed by atoms with E-state index in [0.717, 1.165) is 5.75 Å². The highest BCUT2D eigenvalue weighted by atomic mass is 16.7. The van der Waals surface area contributed by atoms with Crippen LogP contribution in [0.3, 0.4) is 0 Å². The van der Waals surface area contributed by atoms with Crippen molar-refractivity contribution in [2.45, 2.75) is 39.6 Å². The summed E-state index contributed by atoms with van der Waals surface area (Å²) in [5.74, 6) is 0.326. The van der Waals surface area contributed by atoms with E-state index in [9.17, 15) is 4.79 Å². The summed E-state index contributed by atoms with van der Waals surface area (Å²) >= 11 is 0. The number of carbonyl (C=O) groups is 1. The minimum absolute atomic E-state index is 0.0358. The number of hydrogen-bond donors (Lipinski definition) is 0. The number of likely N-dealkylation sites (tertiary alicyclic amines) is 1. The minimum Gasteiger partial charge on any atom is -0.491 e. The third kappa shape index (κ3) is 3.51. The zero-order valence-corrected chi connectivity index (χ0v) is 14.3. The molecule has 0 saturated carbocycles. The monoisotopic (exact) mass is 319 g/mol. The summed E-state index contributed by atoms with van der Waals surface area (Å²) in [4.78, 5) is 14.4. The molecular weight excluding hydrogens is 294 g/mol. The molecule has 2 fully saturated rings. The highest BCUT2D eigenvalue weighted by Crippen LogP contribution is 2.38. The molecule has 0 bridgehead atoms. The van der Waals surface area contributed by atoms with Crippen LogP contribution in [0.5, 0.6) is 5.75 Å². The fourth-order valence-corrected chi connectivity index (χ4v) is 2.96. The van der Waals surface area contributed by atoms with Crippen LogP contribution in [-0.4, -0.2) is 49.0 Å². The molecule has 1 amide bonds. The van der Waals surface area contributed by atoms with Gasteiger partial charge in [-0.25, -0.2) is 0 Å². The maximum atomic E-state index is 12.5. The van der Waals surface area contributed by atoms with Gasteiger partial charge in [0.05, 0.1) is 24.7 Å². The number of rotatable bonds is 3. The Labute approximate surface area is 137 Å². The molecular formula is C18H25NO4. The lowest BCUT2D eigenvalue weighted by Crippen LogP contribution is -2.65. The van der Waals surface area contributed by atoms with Crippen molar-refractivity contribution in [3.8, 4) is 5.75 Å². The summed E-state index contributed by atoms with van der Waals surface area (Å²) in [5.41, 5.74) is 0.653. The first-order chi connectivity index (χ1) is 10.8. The molecule has 2 aliphatic rings. The molecule has 2 saturated heterocycles. The van der Waals surface area contributed by atoms with Crippen molar-refractivity contribution in [3.05, 3.63) is 29.8 Å². The lowest BCUT2D eigenvalue weighted by molar-refractivity contribution is -0.301. The molecule has 0 N–H and O–H groups in total. The molecule has 5 nitrogen and oxygen atoms in total. The van der Waals surface area contributed by atoms with E-state index in [1.165, 1.54) is 0 Å². The Balaban J connectivity index is 1.56. The zero-order chi connectivity index (χ0) is 16.7. The van der Waals surface area contributed by atoms with E-state index in [0.29, 0.717) is 31.9 Å². The van der Waals surface area contributed by atoms with Gasteiger partial charge in [-0.05, 0) is 52.0 Å². The number of ether oxygens (including phenoxy) is 3. The molecule has 0 aromatic heterocycles. The van der Waals surface area contributed by atoms with Crippen LogP contribution in [0, 0.1) is 5.41 Å². The molecule has 0 atom stereocenters. The molecule has 2 aliphatic heterocycles. The quantitative estimate of drug-likeness (QED) is 0.859. The molecule has 2 heterocycles. The normalized spacial score (nSPS) is 22.0. The van der Waals surface area contributed by atoms with Gasteiger partial charge in [0.15, 0.2) is 5.79 Å². The minimum atomic E-state index is -0.512. The van der Waals surface area contributed by atoms with E-state index in [2.05, 4.69) is 0 Å². The van der Waals surface area contributed by atoms with E-state index < -0.39 is 5.79 Å². The molecule has 23 heavy (non-hydrogen) atoms. The Morgan fingerprint density at radius 1 is 1.13 bits per heavy atom. The average Bonchev–Trinajstić information content (AvgIpc) is 2.45. The molecule has 0 aliphatic carbocycles. The van der Waals surface area contributed by atoms with Crippen molar-refractivity contribution in [1.82, 2.24) is 4.90 Å². The summed E-state index contributed by atoms with van der Waals surface area (Å²) in [6, 6.07) is 7.33. The Kier molecular flexibility index (Phi) is 4.10. The van der Waals surface area contributed by atoms with Crippen molar-refractivity contribution >= 4 is 5.91 Å². The van der Waals surface area contributed by atoms with Crippen molar-refractivity contribution < 1.29 is 19.0 Å². The molecule has 0 unspecified atom stereocenters. The molecule has 126 valence electrons. The summed E-state index contributed by atoms with van der Waals surface area (Å²) < 4.78 is 17.1. The van der Waals surface area contributed by atoms with Gasteiger partial charge in [-0.1, -0.05) is 0 Å². The Morgan fingerprint density at radius 3 is 2.22 bits per heavy atom. The first kappa shape index (κ1) is 16.3. The fourth-order valence-electron chi connectivity index (χ4n) is 2.96. The lowest BCUT2D eigenvalue weighted by Gasteiger charge is -2.54. The Morgan fingerprint density at radius 2 is 1.70 bits per heavy atom. The van der Waals surface area contributed by atoms with Crippen molar-refractivity contribution in [2.24, 2.45) is 5.41 Å². The van der Waals surface area contributed by atoms with Gasteiger partial charge in [0.2, 0.25) is 0 Å². The van der Waals surface area contributed by atoms with Crippen LogP contribution < -0.4 is 4.74 Å². The fraction of sp³-hybridized carbons (Fsp3) is 0.611. The van der Waals surface area contributed by atoms with E-state index in [4.69, 9.17) is 14.2 Å².